The minimum Gasteiger partial charge on any atom is -0.486 e. The van der Waals surface area contributed by atoms with Crippen LogP contribution in [-0.4, -0.2) is 31.6 Å². The molecule has 0 bridgehead atoms. The van der Waals surface area contributed by atoms with Crippen molar-refractivity contribution in [3.05, 3.63) is 48.3 Å². The molecule has 0 atom stereocenters. The third-order valence-electron chi connectivity index (χ3n) is 2.79. The Bertz CT molecular complexity index is 670. The number of aryl methyl sites for hydroxylation is 1. The lowest BCUT2D eigenvalue weighted by molar-refractivity contribution is -0.133. The molecule has 6 nitrogen and oxygen atoms in total. The highest BCUT2D eigenvalue weighted by Gasteiger charge is 2.13. The van der Waals surface area contributed by atoms with Crippen molar-refractivity contribution in [3.8, 4) is 5.75 Å². The number of allylic oxidation sites excluding steroid dienone is 1. The van der Waals surface area contributed by atoms with Gasteiger partial charge in [0.15, 0.2) is 11.0 Å². The summed E-state index contributed by atoms with van der Waals surface area (Å²) in [6.07, 6.45) is 1.71. The zero-order valence-electron chi connectivity index (χ0n) is 12.2. The lowest BCUT2D eigenvalue weighted by atomic mass is 10.2. The minimum atomic E-state index is -0.893. The third-order valence-corrected chi connectivity index (χ3v) is 3.74. The number of aliphatic carboxylic acids is 1. The van der Waals surface area contributed by atoms with E-state index in [9.17, 15) is 4.79 Å². The normalized spacial score (nSPS) is 10.4. The van der Waals surface area contributed by atoms with Crippen LogP contribution >= 0.6 is 11.8 Å². The summed E-state index contributed by atoms with van der Waals surface area (Å²) >= 11 is 1.13. The molecule has 116 valence electrons. The fourth-order valence-electron chi connectivity index (χ4n) is 1.82. The molecule has 2 aromatic rings. The van der Waals surface area contributed by atoms with E-state index in [1.165, 1.54) is 0 Å². The molecule has 0 aliphatic heterocycles. The van der Waals surface area contributed by atoms with Crippen molar-refractivity contribution in [2.75, 3.05) is 5.75 Å². The summed E-state index contributed by atoms with van der Waals surface area (Å²) in [7, 11) is 0. The van der Waals surface area contributed by atoms with Gasteiger partial charge in [-0.15, -0.1) is 16.8 Å². The summed E-state index contributed by atoms with van der Waals surface area (Å²) < 4.78 is 7.52. The van der Waals surface area contributed by atoms with Gasteiger partial charge in [-0.1, -0.05) is 30.0 Å². The van der Waals surface area contributed by atoms with Crippen molar-refractivity contribution < 1.29 is 14.6 Å². The van der Waals surface area contributed by atoms with E-state index in [1.54, 1.807) is 10.6 Å². The number of benzene rings is 1. The molecule has 1 aromatic carbocycles. The van der Waals surface area contributed by atoms with Crippen LogP contribution in [0.2, 0.25) is 0 Å². The second-order valence-corrected chi connectivity index (χ2v) is 5.53. The lowest BCUT2D eigenvalue weighted by Crippen LogP contribution is -2.08. The van der Waals surface area contributed by atoms with E-state index in [0.717, 1.165) is 23.1 Å². The molecule has 2 rings (SSSR count). The van der Waals surface area contributed by atoms with Gasteiger partial charge in [-0.2, -0.15) is 0 Å². The van der Waals surface area contributed by atoms with Crippen LogP contribution in [-0.2, 0) is 17.9 Å². The number of aromatic nitrogens is 3. The van der Waals surface area contributed by atoms with Gasteiger partial charge in [-0.25, -0.2) is 0 Å². The summed E-state index contributed by atoms with van der Waals surface area (Å²) in [5, 5.41) is 17.4. The van der Waals surface area contributed by atoms with Gasteiger partial charge in [0.2, 0.25) is 0 Å². The maximum atomic E-state index is 10.7. The zero-order valence-corrected chi connectivity index (χ0v) is 13.0. The average molecular weight is 319 g/mol. The molecule has 0 aliphatic carbocycles. The molecule has 1 N–H and O–H groups in total. The summed E-state index contributed by atoms with van der Waals surface area (Å²) in [5.74, 6) is 0.437. The molecule has 22 heavy (non-hydrogen) atoms. The Labute approximate surface area is 132 Å². The van der Waals surface area contributed by atoms with Crippen LogP contribution in [0.5, 0.6) is 5.75 Å². The first-order valence-corrected chi connectivity index (χ1v) is 7.65. The largest absolute Gasteiger partial charge is 0.486 e. The highest BCUT2D eigenvalue weighted by Crippen LogP contribution is 2.19. The van der Waals surface area contributed by atoms with E-state index in [2.05, 4.69) is 16.8 Å². The molecule has 0 aliphatic rings. The highest BCUT2D eigenvalue weighted by atomic mass is 32.2. The second-order valence-electron chi connectivity index (χ2n) is 4.59. The number of carboxylic acid groups (broad SMARTS) is 1. The van der Waals surface area contributed by atoms with Gasteiger partial charge in [-0.3, -0.25) is 9.36 Å². The third kappa shape index (κ3) is 4.36. The number of carbonyl (C=O) groups is 1. The monoisotopic (exact) mass is 319 g/mol. The zero-order chi connectivity index (χ0) is 15.9. The summed E-state index contributed by atoms with van der Waals surface area (Å²) in [6, 6.07) is 7.73. The van der Waals surface area contributed by atoms with Gasteiger partial charge >= 0.3 is 5.97 Å². The van der Waals surface area contributed by atoms with Crippen LogP contribution < -0.4 is 4.74 Å². The molecule has 0 spiro atoms. The van der Waals surface area contributed by atoms with E-state index >= 15 is 0 Å². The maximum Gasteiger partial charge on any atom is 0.313 e. The van der Waals surface area contributed by atoms with Gasteiger partial charge in [-0.05, 0) is 24.6 Å². The van der Waals surface area contributed by atoms with Crippen LogP contribution in [0.25, 0.3) is 0 Å². The summed E-state index contributed by atoms with van der Waals surface area (Å²) in [5.41, 5.74) is 1.11. The fourth-order valence-corrected chi connectivity index (χ4v) is 2.51. The number of carboxylic acids is 1. The summed E-state index contributed by atoms with van der Waals surface area (Å²) in [6.45, 7) is 6.46. The van der Waals surface area contributed by atoms with Crippen LogP contribution in [0.4, 0.5) is 0 Å². The molecule has 0 unspecified atom stereocenters. The molecule has 0 radical (unpaired) electrons. The Balaban J connectivity index is 2.09. The van der Waals surface area contributed by atoms with E-state index in [1.807, 2.05) is 31.2 Å². The standard InChI is InChI=1S/C15H17N3O3S/c1-3-7-18-13(16-17-15(18)22-10-14(19)20)9-21-12-6-4-5-11(2)8-12/h3-6,8H,1,7,9-10H2,2H3,(H,19,20). The van der Waals surface area contributed by atoms with Crippen molar-refractivity contribution in [2.45, 2.75) is 25.2 Å². The van der Waals surface area contributed by atoms with E-state index in [-0.39, 0.29) is 12.4 Å². The number of hydrogen-bond donors (Lipinski definition) is 1. The number of rotatable bonds is 8. The van der Waals surface area contributed by atoms with Crippen molar-refractivity contribution >= 4 is 17.7 Å². The molecular weight excluding hydrogens is 302 g/mol. The van der Waals surface area contributed by atoms with Gasteiger partial charge in [0.1, 0.15) is 12.4 Å². The van der Waals surface area contributed by atoms with E-state index < -0.39 is 5.97 Å². The SMILES string of the molecule is C=CCn1c(COc2cccc(C)c2)nnc1SCC(=O)O. The van der Waals surface area contributed by atoms with Crippen molar-refractivity contribution in [1.29, 1.82) is 0 Å². The molecule has 0 fully saturated rings. The van der Waals surface area contributed by atoms with Gasteiger partial charge in [0.05, 0.1) is 5.75 Å². The fraction of sp³-hybridized carbons (Fsp3) is 0.267. The molecule has 7 heteroatoms. The quantitative estimate of drug-likeness (QED) is 0.595. The second kappa shape index (κ2) is 7.65. The molecule has 0 saturated carbocycles. The number of thioether (sulfide) groups is 1. The molecular formula is C15H17N3O3S. The van der Waals surface area contributed by atoms with Crippen LogP contribution in [0.3, 0.4) is 0 Å². The maximum absolute atomic E-state index is 10.7. The van der Waals surface area contributed by atoms with Crippen LogP contribution in [0.1, 0.15) is 11.4 Å². The predicted octanol–water partition coefficient (Wildman–Crippen LogP) is 2.53. The lowest BCUT2D eigenvalue weighted by Gasteiger charge is -2.09. The number of ether oxygens (including phenoxy) is 1. The Morgan fingerprint density at radius 1 is 1.50 bits per heavy atom. The topological polar surface area (TPSA) is 77.2 Å². The first kappa shape index (κ1) is 16.1. The van der Waals surface area contributed by atoms with Gasteiger partial charge in [0, 0.05) is 6.54 Å². The molecule has 1 heterocycles. The molecule has 1 aromatic heterocycles. The smallest absolute Gasteiger partial charge is 0.313 e. The van der Waals surface area contributed by atoms with Gasteiger partial charge in [0.25, 0.3) is 0 Å². The number of nitrogens with zero attached hydrogens (tertiary/aromatic N) is 3. The van der Waals surface area contributed by atoms with Crippen molar-refractivity contribution in [1.82, 2.24) is 14.8 Å². The Hall–Kier alpha value is -2.28. The average Bonchev–Trinajstić information content (AvgIpc) is 2.86. The van der Waals surface area contributed by atoms with Gasteiger partial charge < -0.3 is 9.84 Å². The van der Waals surface area contributed by atoms with Crippen LogP contribution in [0, 0.1) is 6.92 Å². The number of hydrogen-bond acceptors (Lipinski definition) is 5. The Morgan fingerprint density at radius 3 is 3.00 bits per heavy atom. The Kier molecular flexibility index (Phi) is 5.60. The minimum absolute atomic E-state index is 0.0615. The summed E-state index contributed by atoms with van der Waals surface area (Å²) in [4.78, 5) is 10.7. The van der Waals surface area contributed by atoms with E-state index in [0.29, 0.717) is 17.5 Å². The predicted molar refractivity (Wildman–Crippen MR) is 84.1 cm³/mol. The van der Waals surface area contributed by atoms with Crippen molar-refractivity contribution in [3.63, 3.8) is 0 Å². The Morgan fingerprint density at radius 2 is 2.32 bits per heavy atom. The van der Waals surface area contributed by atoms with Crippen molar-refractivity contribution in [2.24, 2.45) is 0 Å². The highest BCUT2D eigenvalue weighted by molar-refractivity contribution is 7.99. The molecule has 0 saturated heterocycles. The molecule has 0 amide bonds. The first-order valence-electron chi connectivity index (χ1n) is 6.67. The van der Waals surface area contributed by atoms with Crippen LogP contribution in [0.15, 0.2) is 42.1 Å². The van der Waals surface area contributed by atoms with E-state index in [4.69, 9.17) is 9.84 Å². The first-order chi connectivity index (χ1) is 10.6.